The van der Waals surface area contributed by atoms with Gasteiger partial charge in [0.1, 0.15) is 0 Å². The quantitative estimate of drug-likeness (QED) is 0.845. The molecule has 2 saturated heterocycles. The van der Waals surface area contributed by atoms with Gasteiger partial charge in [-0.15, -0.1) is 0 Å². The molecule has 1 N–H and O–H groups in total. The number of hydrogen-bond acceptors (Lipinski definition) is 3. The Balaban J connectivity index is 1.97. The largest absolute Gasteiger partial charge is 0.396 e. The van der Waals surface area contributed by atoms with Crippen molar-refractivity contribution in [1.82, 2.24) is 8.61 Å². The van der Waals surface area contributed by atoms with Crippen LogP contribution in [0.3, 0.4) is 0 Å². The van der Waals surface area contributed by atoms with Crippen molar-refractivity contribution < 1.29 is 13.5 Å². The molecule has 1 atom stereocenters. The molecular weight excluding hydrogens is 264 g/mol. The molecule has 0 bridgehead atoms. The molecule has 1 unspecified atom stereocenters. The Bertz CT molecular complexity index is 377. The molecule has 0 aromatic heterocycles. The van der Waals surface area contributed by atoms with Gasteiger partial charge in [0.2, 0.25) is 0 Å². The van der Waals surface area contributed by atoms with Crippen LogP contribution in [0.1, 0.15) is 39.0 Å². The average molecular weight is 290 g/mol. The first kappa shape index (κ1) is 15.2. The van der Waals surface area contributed by atoms with Crippen LogP contribution < -0.4 is 0 Å². The van der Waals surface area contributed by atoms with E-state index in [1.807, 2.05) is 0 Å². The highest BCUT2D eigenvalue weighted by atomic mass is 32.2. The molecule has 5 nitrogen and oxygen atoms in total. The van der Waals surface area contributed by atoms with Crippen LogP contribution in [0.5, 0.6) is 0 Å². The van der Waals surface area contributed by atoms with Crippen molar-refractivity contribution in [2.24, 2.45) is 11.8 Å². The van der Waals surface area contributed by atoms with Crippen molar-refractivity contribution in [2.75, 3.05) is 32.8 Å². The van der Waals surface area contributed by atoms with E-state index in [4.69, 9.17) is 5.11 Å². The number of hydrogen-bond donors (Lipinski definition) is 1. The van der Waals surface area contributed by atoms with Crippen molar-refractivity contribution in [3.05, 3.63) is 0 Å². The van der Waals surface area contributed by atoms with Gasteiger partial charge in [-0.05, 0) is 43.9 Å². The van der Waals surface area contributed by atoms with E-state index in [-0.39, 0.29) is 12.5 Å². The molecule has 0 aromatic carbocycles. The molecule has 2 aliphatic heterocycles. The molecule has 19 heavy (non-hydrogen) atoms. The summed E-state index contributed by atoms with van der Waals surface area (Å²) in [5.41, 5.74) is 0. The Kier molecular flexibility index (Phi) is 5.22. The molecular formula is C13H26N2O3S. The van der Waals surface area contributed by atoms with Gasteiger partial charge in [-0.1, -0.05) is 6.92 Å². The van der Waals surface area contributed by atoms with E-state index in [1.165, 1.54) is 0 Å². The molecule has 6 heteroatoms. The van der Waals surface area contributed by atoms with Crippen LogP contribution in [-0.4, -0.2) is 54.9 Å². The number of aliphatic hydroxyl groups is 1. The summed E-state index contributed by atoms with van der Waals surface area (Å²) in [7, 11) is -3.28. The van der Waals surface area contributed by atoms with E-state index in [2.05, 4.69) is 6.92 Å². The third-order valence-electron chi connectivity index (χ3n) is 4.46. The van der Waals surface area contributed by atoms with E-state index in [9.17, 15) is 8.42 Å². The molecule has 2 rings (SSSR count). The summed E-state index contributed by atoms with van der Waals surface area (Å²) < 4.78 is 28.4. The van der Waals surface area contributed by atoms with Gasteiger partial charge in [0, 0.05) is 32.8 Å². The Morgan fingerprint density at radius 3 is 2.21 bits per heavy atom. The van der Waals surface area contributed by atoms with Crippen LogP contribution >= 0.6 is 0 Å². The Morgan fingerprint density at radius 1 is 1.00 bits per heavy atom. The average Bonchev–Trinajstić information content (AvgIpc) is 2.64. The van der Waals surface area contributed by atoms with Crippen LogP contribution in [0.4, 0.5) is 0 Å². The van der Waals surface area contributed by atoms with E-state index in [0.717, 1.165) is 32.1 Å². The molecule has 0 spiro atoms. The van der Waals surface area contributed by atoms with Crippen molar-refractivity contribution in [3.63, 3.8) is 0 Å². The lowest BCUT2D eigenvalue weighted by molar-refractivity contribution is 0.166. The minimum absolute atomic E-state index is 0.176. The molecule has 112 valence electrons. The highest BCUT2D eigenvalue weighted by Crippen LogP contribution is 2.24. The smallest absolute Gasteiger partial charge is 0.281 e. The molecule has 2 fully saturated rings. The second kappa shape index (κ2) is 6.52. The zero-order valence-corrected chi connectivity index (χ0v) is 12.6. The monoisotopic (exact) mass is 290 g/mol. The Labute approximate surface area is 116 Å². The normalized spacial score (nSPS) is 29.3. The summed E-state index contributed by atoms with van der Waals surface area (Å²) in [6, 6.07) is 0. The second-order valence-corrected chi connectivity index (χ2v) is 7.90. The highest BCUT2D eigenvalue weighted by molar-refractivity contribution is 7.86. The molecule has 2 heterocycles. The van der Waals surface area contributed by atoms with Crippen LogP contribution in [-0.2, 0) is 10.2 Å². The van der Waals surface area contributed by atoms with E-state index < -0.39 is 10.2 Å². The molecule has 0 amide bonds. The van der Waals surface area contributed by atoms with E-state index in [1.54, 1.807) is 8.61 Å². The van der Waals surface area contributed by atoms with Gasteiger partial charge >= 0.3 is 0 Å². The topological polar surface area (TPSA) is 60.9 Å². The molecule has 0 saturated carbocycles. The highest BCUT2D eigenvalue weighted by Gasteiger charge is 2.33. The van der Waals surface area contributed by atoms with Gasteiger partial charge in [0.15, 0.2) is 0 Å². The fraction of sp³-hybridized carbons (Fsp3) is 1.00. The number of piperidine rings is 1. The van der Waals surface area contributed by atoms with Gasteiger partial charge in [0.05, 0.1) is 0 Å². The zero-order valence-electron chi connectivity index (χ0n) is 11.8. The third kappa shape index (κ3) is 3.68. The molecule has 0 aliphatic carbocycles. The first-order valence-electron chi connectivity index (χ1n) is 7.40. The Morgan fingerprint density at radius 2 is 1.58 bits per heavy atom. The van der Waals surface area contributed by atoms with Crippen LogP contribution in [0.2, 0.25) is 0 Å². The maximum Gasteiger partial charge on any atom is 0.281 e. The summed E-state index contributed by atoms with van der Waals surface area (Å²) >= 11 is 0. The summed E-state index contributed by atoms with van der Waals surface area (Å²) in [5, 5.41) is 9.12. The number of aliphatic hydroxyl groups excluding tert-OH is 1. The fourth-order valence-electron chi connectivity index (χ4n) is 2.95. The summed E-state index contributed by atoms with van der Waals surface area (Å²) in [6.45, 7) is 4.80. The van der Waals surface area contributed by atoms with Crippen LogP contribution in [0.25, 0.3) is 0 Å². The standard InChI is InChI=1S/C13H26N2O3S/c1-12-3-2-7-14(8-4-12)19(17,18)15-9-5-13(11-16)6-10-15/h12-13,16H,2-11H2,1H3. The van der Waals surface area contributed by atoms with Gasteiger partial charge in [-0.25, -0.2) is 0 Å². The predicted molar refractivity (Wildman–Crippen MR) is 74.9 cm³/mol. The summed E-state index contributed by atoms with van der Waals surface area (Å²) in [4.78, 5) is 0. The van der Waals surface area contributed by atoms with Crippen molar-refractivity contribution in [1.29, 1.82) is 0 Å². The van der Waals surface area contributed by atoms with Crippen molar-refractivity contribution >= 4 is 10.2 Å². The molecule has 0 radical (unpaired) electrons. The van der Waals surface area contributed by atoms with Gasteiger partial charge < -0.3 is 5.11 Å². The van der Waals surface area contributed by atoms with Crippen molar-refractivity contribution in [2.45, 2.75) is 39.0 Å². The lowest BCUT2D eigenvalue weighted by Gasteiger charge is -2.34. The number of rotatable bonds is 3. The minimum atomic E-state index is -3.28. The summed E-state index contributed by atoms with van der Waals surface area (Å²) in [5.74, 6) is 0.899. The number of nitrogens with zero attached hydrogens (tertiary/aromatic N) is 2. The molecule has 2 aliphatic rings. The SMILES string of the molecule is CC1CCCN(S(=O)(=O)N2CCC(CO)CC2)CC1. The predicted octanol–water partition coefficient (Wildman–Crippen LogP) is 1.06. The molecule has 0 aromatic rings. The van der Waals surface area contributed by atoms with Gasteiger partial charge in [-0.2, -0.15) is 17.0 Å². The van der Waals surface area contributed by atoms with E-state index >= 15 is 0 Å². The maximum absolute atomic E-state index is 12.6. The van der Waals surface area contributed by atoms with Gasteiger partial charge in [-0.3, -0.25) is 0 Å². The fourth-order valence-corrected chi connectivity index (χ4v) is 4.65. The van der Waals surface area contributed by atoms with E-state index in [0.29, 0.717) is 32.1 Å². The zero-order chi connectivity index (χ0) is 13.9. The van der Waals surface area contributed by atoms with Gasteiger partial charge in [0.25, 0.3) is 10.2 Å². The van der Waals surface area contributed by atoms with Crippen LogP contribution in [0, 0.1) is 11.8 Å². The third-order valence-corrected chi connectivity index (χ3v) is 6.50. The minimum Gasteiger partial charge on any atom is -0.396 e. The summed E-state index contributed by atoms with van der Waals surface area (Å²) in [6.07, 6.45) is 4.61. The lowest BCUT2D eigenvalue weighted by Crippen LogP contribution is -2.47. The van der Waals surface area contributed by atoms with Crippen molar-refractivity contribution in [3.8, 4) is 0 Å². The Hall–Kier alpha value is -0.170. The first-order valence-corrected chi connectivity index (χ1v) is 8.80. The second-order valence-electron chi connectivity index (χ2n) is 5.97. The lowest BCUT2D eigenvalue weighted by atomic mass is 10.00. The maximum atomic E-state index is 12.6. The first-order chi connectivity index (χ1) is 9.04. The van der Waals surface area contributed by atoms with Crippen LogP contribution in [0.15, 0.2) is 0 Å².